The molecule has 8 nitrogen and oxygen atoms in total. The molecule has 0 saturated carbocycles. The Balaban J connectivity index is 1.51. The Kier molecular flexibility index (Phi) is 7.73. The van der Waals surface area contributed by atoms with Gasteiger partial charge in [0.2, 0.25) is 0 Å². The van der Waals surface area contributed by atoms with Crippen LogP contribution in [-0.4, -0.2) is 35.2 Å². The third kappa shape index (κ3) is 6.59. The summed E-state index contributed by atoms with van der Waals surface area (Å²) in [7, 11) is -0.777. The van der Waals surface area contributed by atoms with E-state index in [2.05, 4.69) is 10.0 Å². The molecule has 1 amide bonds. The zero-order valence-electron chi connectivity index (χ0n) is 18.0. The molecule has 0 aliphatic carbocycles. The second-order valence-corrected chi connectivity index (χ2v) is 8.52. The molecule has 0 aliphatic rings. The molecule has 10 heteroatoms. The van der Waals surface area contributed by atoms with E-state index in [4.69, 9.17) is 14.2 Å². The Morgan fingerprint density at radius 1 is 0.909 bits per heavy atom. The molecule has 3 aromatic rings. The zero-order chi connectivity index (χ0) is 23.8. The summed E-state index contributed by atoms with van der Waals surface area (Å²) < 4.78 is 56.1. The summed E-state index contributed by atoms with van der Waals surface area (Å²) in [5.74, 6) is 0.669. The number of anilines is 1. The second-order valence-electron chi connectivity index (χ2n) is 6.84. The molecule has 3 aromatic carbocycles. The molecule has 2 N–H and O–H groups in total. The van der Waals surface area contributed by atoms with Crippen molar-refractivity contribution in [3.05, 3.63) is 78.1 Å². The number of nitrogens with one attached hydrogen (secondary N) is 2. The van der Waals surface area contributed by atoms with E-state index in [0.29, 0.717) is 17.2 Å². The van der Waals surface area contributed by atoms with Crippen LogP contribution < -0.4 is 24.2 Å². The lowest BCUT2D eigenvalue weighted by Crippen LogP contribution is -2.28. The standard InChI is InChI=1S/C23H23FN2O6S/c1-30-21-12-3-16(13-22(21)31-2)14-25-23(27)15-32-19-8-10-20(11-9-19)33(28,29)26-18-6-4-17(24)5-7-18/h3-13,26H,14-15H2,1-2H3,(H,25,27). The van der Waals surface area contributed by atoms with Crippen LogP contribution in [0.15, 0.2) is 71.6 Å². The van der Waals surface area contributed by atoms with Crippen LogP contribution >= 0.6 is 0 Å². The van der Waals surface area contributed by atoms with E-state index < -0.39 is 15.8 Å². The molecule has 0 radical (unpaired) electrons. The number of carbonyl (C=O) groups is 1. The first-order valence-electron chi connectivity index (χ1n) is 9.79. The number of rotatable bonds is 10. The van der Waals surface area contributed by atoms with Crippen LogP contribution in [0.3, 0.4) is 0 Å². The molecule has 174 valence electrons. The normalized spacial score (nSPS) is 10.9. The van der Waals surface area contributed by atoms with Crippen LogP contribution in [0.25, 0.3) is 0 Å². The third-order valence-corrected chi connectivity index (χ3v) is 5.94. The molecule has 0 bridgehead atoms. The van der Waals surface area contributed by atoms with Gasteiger partial charge < -0.3 is 19.5 Å². The first-order chi connectivity index (χ1) is 15.8. The molecule has 3 rings (SSSR count). The lowest BCUT2D eigenvalue weighted by atomic mass is 10.2. The average molecular weight is 475 g/mol. The number of methoxy groups -OCH3 is 2. The maximum absolute atomic E-state index is 13.0. The molecule has 0 unspecified atom stereocenters. The molecular formula is C23H23FN2O6S. The third-order valence-electron chi connectivity index (χ3n) is 4.54. The summed E-state index contributed by atoms with van der Waals surface area (Å²) in [4.78, 5) is 12.1. The van der Waals surface area contributed by atoms with E-state index in [9.17, 15) is 17.6 Å². The predicted molar refractivity (Wildman–Crippen MR) is 121 cm³/mol. The van der Waals surface area contributed by atoms with Crippen LogP contribution in [0.4, 0.5) is 10.1 Å². The zero-order valence-corrected chi connectivity index (χ0v) is 18.8. The van der Waals surface area contributed by atoms with Gasteiger partial charge in [-0.05, 0) is 66.2 Å². The van der Waals surface area contributed by atoms with E-state index in [-0.39, 0.29) is 29.6 Å². The monoisotopic (exact) mass is 474 g/mol. The summed E-state index contributed by atoms with van der Waals surface area (Å²) in [6.07, 6.45) is 0. The minimum absolute atomic E-state index is 0.00270. The SMILES string of the molecule is COc1ccc(CNC(=O)COc2ccc(S(=O)(=O)Nc3ccc(F)cc3)cc2)cc1OC. The fraction of sp³-hybridized carbons (Fsp3) is 0.174. The Morgan fingerprint density at radius 2 is 1.58 bits per heavy atom. The summed E-state index contributed by atoms with van der Waals surface area (Å²) in [5, 5.41) is 2.73. The first-order valence-corrected chi connectivity index (χ1v) is 11.3. The Hall–Kier alpha value is -3.79. The van der Waals surface area contributed by atoms with Crippen LogP contribution in [0.2, 0.25) is 0 Å². The van der Waals surface area contributed by atoms with Gasteiger partial charge >= 0.3 is 0 Å². The van der Waals surface area contributed by atoms with Crippen molar-refractivity contribution in [1.82, 2.24) is 5.32 Å². The van der Waals surface area contributed by atoms with E-state index >= 15 is 0 Å². The lowest BCUT2D eigenvalue weighted by molar-refractivity contribution is -0.123. The van der Waals surface area contributed by atoms with E-state index in [1.165, 1.54) is 43.5 Å². The second kappa shape index (κ2) is 10.7. The molecule has 0 heterocycles. The largest absolute Gasteiger partial charge is 0.493 e. The number of hydrogen-bond donors (Lipinski definition) is 2. The van der Waals surface area contributed by atoms with Gasteiger partial charge in [-0.15, -0.1) is 0 Å². The van der Waals surface area contributed by atoms with Crippen molar-refractivity contribution >= 4 is 21.6 Å². The van der Waals surface area contributed by atoms with Gasteiger partial charge in [0.25, 0.3) is 15.9 Å². The number of benzene rings is 3. The number of hydrogen-bond acceptors (Lipinski definition) is 6. The Bertz CT molecular complexity index is 1200. The molecule has 0 fully saturated rings. The van der Waals surface area contributed by atoms with Gasteiger partial charge in [0.1, 0.15) is 11.6 Å². The maximum atomic E-state index is 13.0. The average Bonchev–Trinajstić information content (AvgIpc) is 2.82. The van der Waals surface area contributed by atoms with Crippen molar-refractivity contribution in [3.8, 4) is 17.2 Å². The Morgan fingerprint density at radius 3 is 2.21 bits per heavy atom. The topological polar surface area (TPSA) is 103 Å². The van der Waals surface area contributed by atoms with Crippen LogP contribution in [-0.2, 0) is 21.4 Å². The van der Waals surface area contributed by atoms with E-state index in [1.807, 2.05) is 6.07 Å². The van der Waals surface area contributed by atoms with Crippen LogP contribution in [0, 0.1) is 5.82 Å². The number of amides is 1. The Labute approximate surface area is 191 Å². The van der Waals surface area contributed by atoms with Crippen molar-refractivity contribution < 1.29 is 31.8 Å². The van der Waals surface area contributed by atoms with Crippen molar-refractivity contribution in [3.63, 3.8) is 0 Å². The van der Waals surface area contributed by atoms with Crippen molar-refractivity contribution in [1.29, 1.82) is 0 Å². The van der Waals surface area contributed by atoms with Gasteiger partial charge in [0.05, 0.1) is 19.1 Å². The van der Waals surface area contributed by atoms with Gasteiger partial charge in [-0.2, -0.15) is 0 Å². The first kappa shape index (κ1) is 23.9. The number of ether oxygens (including phenoxy) is 3. The molecule has 33 heavy (non-hydrogen) atoms. The number of carbonyl (C=O) groups excluding carboxylic acids is 1. The van der Waals surface area contributed by atoms with Gasteiger partial charge in [0, 0.05) is 12.2 Å². The lowest BCUT2D eigenvalue weighted by Gasteiger charge is -2.11. The van der Waals surface area contributed by atoms with Crippen molar-refractivity contribution in [2.75, 3.05) is 25.5 Å². The minimum Gasteiger partial charge on any atom is -0.493 e. The summed E-state index contributed by atoms with van der Waals surface area (Å²) in [6, 6.07) is 15.9. The van der Waals surface area contributed by atoms with Crippen LogP contribution in [0.1, 0.15) is 5.56 Å². The molecule has 0 atom stereocenters. The quantitative estimate of drug-likeness (QED) is 0.467. The molecular weight excluding hydrogens is 451 g/mol. The van der Waals surface area contributed by atoms with Gasteiger partial charge in [-0.1, -0.05) is 6.07 Å². The smallest absolute Gasteiger partial charge is 0.261 e. The summed E-state index contributed by atoms with van der Waals surface area (Å²) in [6.45, 7) is 0.0298. The molecule has 0 aliphatic heterocycles. The van der Waals surface area contributed by atoms with Gasteiger partial charge in [0.15, 0.2) is 18.1 Å². The van der Waals surface area contributed by atoms with Gasteiger partial charge in [-0.3, -0.25) is 9.52 Å². The highest BCUT2D eigenvalue weighted by Gasteiger charge is 2.14. The molecule has 0 aromatic heterocycles. The van der Waals surface area contributed by atoms with E-state index in [0.717, 1.165) is 17.7 Å². The predicted octanol–water partition coefficient (Wildman–Crippen LogP) is 3.34. The highest BCUT2D eigenvalue weighted by molar-refractivity contribution is 7.92. The van der Waals surface area contributed by atoms with Crippen molar-refractivity contribution in [2.24, 2.45) is 0 Å². The fourth-order valence-corrected chi connectivity index (χ4v) is 3.90. The van der Waals surface area contributed by atoms with Crippen LogP contribution in [0.5, 0.6) is 17.2 Å². The molecule has 0 saturated heterocycles. The van der Waals surface area contributed by atoms with E-state index in [1.54, 1.807) is 19.2 Å². The number of sulfonamides is 1. The van der Waals surface area contributed by atoms with Crippen molar-refractivity contribution in [2.45, 2.75) is 11.4 Å². The molecule has 0 spiro atoms. The fourth-order valence-electron chi connectivity index (χ4n) is 2.84. The van der Waals surface area contributed by atoms with Gasteiger partial charge in [-0.25, -0.2) is 12.8 Å². The summed E-state index contributed by atoms with van der Waals surface area (Å²) in [5.41, 5.74) is 1.06. The summed E-state index contributed by atoms with van der Waals surface area (Å²) >= 11 is 0. The highest BCUT2D eigenvalue weighted by atomic mass is 32.2. The highest BCUT2D eigenvalue weighted by Crippen LogP contribution is 2.27. The maximum Gasteiger partial charge on any atom is 0.261 e. The number of halogens is 1. The minimum atomic E-state index is -3.85.